The first-order valence-electron chi connectivity index (χ1n) is 10.3. The van der Waals surface area contributed by atoms with Gasteiger partial charge in [0.25, 0.3) is 0 Å². The third-order valence-corrected chi connectivity index (χ3v) is 6.72. The van der Waals surface area contributed by atoms with Gasteiger partial charge < -0.3 is 19.1 Å². The van der Waals surface area contributed by atoms with Crippen molar-refractivity contribution in [3.63, 3.8) is 0 Å². The summed E-state index contributed by atoms with van der Waals surface area (Å²) in [4.78, 5) is 14.9. The monoisotopic (exact) mass is 395 g/mol. The van der Waals surface area contributed by atoms with E-state index in [-0.39, 0.29) is 17.5 Å². The fraction of sp³-hybridized carbons (Fsp3) is 0.458. The summed E-state index contributed by atoms with van der Waals surface area (Å²) in [5.41, 5.74) is 1.96. The van der Waals surface area contributed by atoms with Crippen molar-refractivity contribution in [2.24, 2.45) is 0 Å². The molecule has 4 rings (SSSR count). The van der Waals surface area contributed by atoms with Crippen LogP contribution in [0.15, 0.2) is 48.5 Å². The van der Waals surface area contributed by atoms with Crippen molar-refractivity contribution in [2.45, 2.75) is 43.2 Å². The Morgan fingerprint density at radius 3 is 2.52 bits per heavy atom. The summed E-state index contributed by atoms with van der Waals surface area (Å²) in [5, 5.41) is 0. The fourth-order valence-electron chi connectivity index (χ4n) is 5.13. The van der Waals surface area contributed by atoms with Gasteiger partial charge in [0.15, 0.2) is 11.5 Å². The molecule has 1 saturated carbocycles. The largest absolute Gasteiger partial charge is 0.493 e. The molecule has 1 aliphatic carbocycles. The number of fused-ring (bicyclic) bond motifs is 1. The highest BCUT2D eigenvalue weighted by Crippen LogP contribution is 2.50. The Hall–Kier alpha value is -2.53. The lowest BCUT2D eigenvalue weighted by Gasteiger charge is -2.44. The van der Waals surface area contributed by atoms with E-state index in [1.54, 1.807) is 26.4 Å². The van der Waals surface area contributed by atoms with Gasteiger partial charge in [-0.3, -0.25) is 0 Å². The summed E-state index contributed by atoms with van der Waals surface area (Å²) in [7, 11) is 5.51. The van der Waals surface area contributed by atoms with E-state index < -0.39 is 0 Å². The van der Waals surface area contributed by atoms with Crippen LogP contribution in [-0.2, 0) is 10.2 Å². The molecule has 3 unspecified atom stereocenters. The molecular weight excluding hydrogens is 366 g/mol. The molecule has 0 N–H and O–H groups in total. The molecule has 0 bridgehead atoms. The number of likely N-dealkylation sites (N-methyl/N-ethyl adjacent to an activating group) is 1. The van der Waals surface area contributed by atoms with Crippen molar-refractivity contribution in [2.75, 3.05) is 27.8 Å². The molecule has 0 amide bonds. The Labute approximate surface area is 172 Å². The first-order valence-corrected chi connectivity index (χ1v) is 10.3. The van der Waals surface area contributed by atoms with Crippen molar-refractivity contribution in [1.29, 1.82) is 0 Å². The molecule has 1 saturated heterocycles. The number of hydrogen-bond acceptors (Lipinski definition) is 5. The smallest absolute Gasteiger partial charge is 0.338 e. The van der Waals surface area contributed by atoms with Crippen LogP contribution >= 0.6 is 0 Å². The molecule has 0 spiro atoms. The van der Waals surface area contributed by atoms with E-state index in [9.17, 15) is 4.79 Å². The third kappa shape index (κ3) is 3.60. The van der Waals surface area contributed by atoms with Gasteiger partial charge in [0.1, 0.15) is 6.10 Å². The number of hydrogen-bond donors (Lipinski definition) is 0. The van der Waals surface area contributed by atoms with Crippen LogP contribution in [0.2, 0.25) is 0 Å². The van der Waals surface area contributed by atoms with Crippen molar-refractivity contribution in [1.82, 2.24) is 4.90 Å². The first-order chi connectivity index (χ1) is 14.1. The van der Waals surface area contributed by atoms with E-state index in [1.807, 2.05) is 24.3 Å². The Morgan fingerprint density at radius 1 is 1.03 bits per heavy atom. The second-order valence-electron chi connectivity index (χ2n) is 8.14. The van der Waals surface area contributed by atoms with E-state index in [0.29, 0.717) is 11.6 Å². The Balaban J connectivity index is 1.55. The molecular formula is C24H29NO4. The summed E-state index contributed by atoms with van der Waals surface area (Å²) in [6.45, 7) is 1.04. The van der Waals surface area contributed by atoms with Crippen LogP contribution in [0, 0.1) is 0 Å². The number of methoxy groups -OCH3 is 2. The number of ether oxygens (including phenoxy) is 3. The lowest BCUT2D eigenvalue weighted by Crippen LogP contribution is -2.48. The molecule has 5 nitrogen and oxygen atoms in total. The van der Waals surface area contributed by atoms with Gasteiger partial charge in [0.2, 0.25) is 0 Å². The lowest BCUT2D eigenvalue weighted by atomic mass is 9.65. The zero-order valence-corrected chi connectivity index (χ0v) is 17.4. The lowest BCUT2D eigenvalue weighted by molar-refractivity contribution is 0.00229. The summed E-state index contributed by atoms with van der Waals surface area (Å²) in [5.74, 6) is 1.29. The quantitative estimate of drug-likeness (QED) is 0.715. The second kappa shape index (κ2) is 8.07. The summed E-state index contributed by atoms with van der Waals surface area (Å²) >= 11 is 0. The number of nitrogens with zero attached hydrogens (tertiary/aromatic N) is 1. The zero-order chi connectivity index (χ0) is 20.4. The van der Waals surface area contributed by atoms with E-state index >= 15 is 0 Å². The molecule has 154 valence electrons. The van der Waals surface area contributed by atoms with Gasteiger partial charge in [0.05, 0.1) is 19.8 Å². The maximum absolute atomic E-state index is 12.5. The fourth-order valence-corrected chi connectivity index (χ4v) is 5.13. The van der Waals surface area contributed by atoms with Crippen LogP contribution in [0.1, 0.15) is 41.6 Å². The van der Waals surface area contributed by atoms with Gasteiger partial charge in [-0.25, -0.2) is 4.79 Å². The van der Waals surface area contributed by atoms with Crippen LogP contribution in [0.3, 0.4) is 0 Å². The van der Waals surface area contributed by atoms with Crippen molar-refractivity contribution in [3.8, 4) is 11.5 Å². The van der Waals surface area contributed by atoms with Gasteiger partial charge in [-0.1, -0.05) is 24.3 Å². The highest BCUT2D eigenvalue weighted by Gasteiger charge is 2.51. The number of carbonyl (C=O) groups is 1. The van der Waals surface area contributed by atoms with E-state index in [0.717, 1.165) is 43.7 Å². The van der Waals surface area contributed by atoms with Crippen LogP contribution in [0.4, 0.5) is 0 Å². The molecule has 1 aliphatic heterocycles. The van der Waals surface area contributed by atoms with Gasteiger partial charge in [0, 0.05) is 17.9 Å². The predicted octanol–water partition coefficient (Wildman–Crippen LogP) is 4.06. The van der Waals surface area contributed by atoms with Crippen molar-refractivity contribution < 1.29 is 19.0 Å². The molecule has 29 heavy (non-hydrogen) atoms. The minimum Gasteiger partial charge on any atom is -0.493 e. The Kier molecular flexibility index (Phi) is 5.50. The Morgan fingerprint density at radius 2 is 1.79 bits per heavy atom. The summed E-state index contributed by atoms with van der Waals surface area (Å²) in [6, 6.07) is 15.9. The maximum Gasteiger partial charge on any atom is 0.338 e. The van der Waals surface area contributed by atoms with Gasteiger partial charge >= 0.3 is 5.97 Å². The molecule has 2 aliphatic rings. The predicted molar refractivity (Wildman–Crippen MR) is 112 cm³/mol. The number of rotatable bonds is 5. The molecule has 3 atom stereocenters. The first kappa shape index (κ1) is 19.8. The SMILES string of the molecule is COc1ccc(C23CCC(OC(=O)c4ccccc4)CC2N(C)CC3)cc1OC. The van der Waals surface area contributed by atoms with Crippen LogP contribution in [-0.4, -0.2) is 50.8 Å². The van der Waals surface area contributed by atoms with Crippen LogP contribution in [0.25, 0.3) is 0 Å². The van der Waals surface area contributed by atoms with Crippen molar-refractivity contribution in [3.05, 3.63) is 59.7 Å². The van der Waals surface area contributed by atoms with Crippen molar-refractivity contribution >= 4 is 5.97 Å². The van der Waals surface area contributed by atoms with E-state index in [4.69, 9.17) is 14.2 Å². The average Bonchev–Trinajstić information content (AvgIpc) is 3.11. The standard InChI is InChI=1S/C24H29NO4/c1-25-14-13-24(18-9-10-20(27-2)21(15-18)28-3)12-11-19(16-22(24)25)29-23(26)17-7-5-4-6-8-17/h4-10,15,19,22H,11-14,16H2,1-3H3. The highest BCUT2D eigenvalue weighted by atomic mass is 16.5. The third-order valence-electron chi connectivity index (χ3n) is 6.72. The normalized spacial score (nSPS) is 26.6. The van der Waals surface area contributed by atoms with E-state index in [1.165, 1.54) is 5.56 Å². The minimum absolute atomic E-state index is 0.0541. The number of benzene rings is 2. The van der Waals surface area contributed by atoms with Crippen LogP contribution < -0.4 is 9.47 Å². The van der Waals surface area contributed by atoms with Crippen LogP contribution in [0.5, 0.6) is 11.5 Å². The number of esters is 1. The van der Waals surface area contributed by atoms with Gasteiger partial charge in [-0.15, -0.1) is 0 Å². The van der Waals surface area contributed by atoms with Gasteiger partial charge in [-0.2, -0.15) is 0 Å². The second-order valence-corrected chi connectivity index (χ2v) is 8.14. The van der Waals surface area contributed by atoms with E-state index in [2.05, 4.69) is 24.1 Å². The molecule has 1 heterocycles. The van der Waals surface area contributed by atoms with Gasteiger partial charge in [-0.05, 0) is 62.7 Å². The molecule has 2 aromatic rings. The molecule has 0 radical (unpaired) electrons. The zero-order valence-electron chi connectivity index (χ0n) is 17.4. The molecule has 0 aromatic heterocycles. The minimum atomic E-state index is -0.227. The number of carbonyl (C=O) groups excluding carboxylic acids is 1. The highest BCUT2D eigenvalue weighted by molar-refractivity contribution is 5.89. The Bertz CT molecular complexity index is 868. The molecule has 5 heteroatoms. The summed E-state index contributed by atoms with van der Waals surface area (Å²) in [6.07, 6.45) is 3.76. The molecule has 2 fully saturated rings. The topological polar surface area (TPSA) is 48.0 Å². The average molecular weight is 395 g/mol. The summed E-state index contributed by atoms with van der Waals surface area (Å²) < 4.78 is 16.9. The molecule has 2 aromatic carbocycles. The maximum atomic E-state index is 12.5. The number of likely N-dealkylation sites (tertiary alicyclic amines) is 1.